The molecule has 1 fully saturated rings. The molecule has 0 aromatic rings. The number of rotatable bonds is 4. The number of carboxylic acid groups (broad SMARTS) is 1. The van der Waals surface area contributed by atoms with Gasteiger partial charge in [-0.1, -0.05) is 0 Å². The van der Waals surface area contributed by atoms with Gasteiger partial charge in [0.1, 0.15) is 0 Å². The van der Waals surface area contributed by atoms with E-state index < -0.39 is 11.9 Å². The van der Waals surface area contributed by atoms with Gasteiger partial charge in [0.15, 0.2) is 0 Å². The summed E-state index contributed by atoms with van der Waals surface area (Å²) in [5.41, 5.74) is 0. The van der Waals surface area contributed by atoms with Crippen LogP contribution in [0.3, 0.4) is 0 Å². The highest BCUT2D eigenvalue weighted by Gasteiger charge is 2.30. The van der Waals surface area contributed by atoms with E-state index in [9.17, 15) is 14.4 Å². The molecule has 7 nitrogen and oxygen atoms in total. The molecule has 0 aliphatic carbocycles. The van der Waals surface area contributed by atoms with Gasteiger partial charge in [0.25, 0.3) is 0 Å². The van der Waals surface area contributed by atoms with Crippen molar-refractivity contribution in [2.24, 2.45) is 5.92 Å². The summed E-state index contributed by atoms with van der Waals surface area (Å²) in [4.78, 5) is 34.6. The number of nitrogens with zero attached hydrogens (tertiary/aromatic N) is 1. The van der Waals surface area contributed by atoms with Gasteiger partial charge in [-0.25, -0.2) is 4.79 Å². The van der Waals surface area contributed by atoms with E-state index >= 15 is 0 Å². The first kappa shape index (κ1) is 13.3. The summed E-state index contributed by atoms with van der Waals surface area (Å²) in [5, 5.41) is 13.8. The number of urea groups is 1. The molecular formula is C10H17N3O4. The molecule has 7 heteroatoms. The smallest absolute Gasteiger partial charge is 0.317 e. The third kappa shape index (κ3) is 3.93. The molecule has 1 atom stereocenters. The maximum absolute atomic E-state index is 11.6. The van der Waals surface area contributed by atoms with Crippen molar-refractivity contribution in [1.29, 1.82) is 0 Å². The third-order valence-electron chi connectivity index (χ3n) is 2.73. The molecule has 96 valence electrons. The molecule has 1 aliphatic rings. The summed E-state index contributed by atoms with van der Waals surface area (Å²) in [7, 11) is 1.53. The van der Waals surface area contributed by atoms with Gasteiger partial charge in [-0.15, -0.1) is 0 Å². The van der Waals surface area contributed by atoms with Crippen LogP contribution >= 0.6 is 0 Å². The minimum absolute atomic E-state index is 0.143. The van der Waals surface area contributed by atoms with Gasteiger partial charge in [-0.2, -0.15) is 0 Å². The van der Waals surface area contributed by atoms with Crippen molar-refractivity contribution >= 4 is 17.9 Å². The van der Waals surface area contributed by atoms with E-state index in [4.69, 9.17) is 5.11 Å². The number of carboxylic acids is 1. The van der Waals surface area contributed by atoms with Crippen LogP contribution in [-0.2, 0) is 9.59 Å². The van der Waals surface area contributed by atoms with Gasteiger partial charge in [-0.3, -0.25) is 9.59 Å². The number of aliphatic carboxylic acids is 1. The third-order valence-corrected chi connectivity index (χ3v) is 2.73. The van der Waals surface area contributed by atoms with Gasteiger partial charge < -0.3 is 20.6 Å². The fourth-order valence-electron chi connectivity index (χ4n) is 1.67. The summed E-state index contributed by atoms with van der Waals surface area (Å²) in [5.74, 6) is -1.49. The molecule has 0 bridgehead atoms. The minimum atomic E-state index is -0.870. The second-order valence-corrected chi connectivity index (χ2v) is 3.92. The molecule has 17 heavy (non-hydrogen) atoms. The average Bonchev–Trinajstić information content (AvgIpc) is 2.78. The second-order valence-electron chi connectivity index (χ2n) is 3.92. The van der Waals surface area contributed by atoms with Gasteiger partial charge in [0.05, 0.1) is 5.92 Å². The Morgan fingerprint density at radius 1 is 1.41 bits per heavy atom. The fourth-order valence-corrected chi connectivity index (χ4v) is 1.67. The van der Waals surface area contributed by atoms with Crippen LogP contribution in [0.1, 0.15) is 12.8 Å². The van der Waals surface area contributed by atoms with E-state index in [1.807, 2.05) is 0 Å². The van der Waals surface area contributed by atoms with E-state index in [-0.39, 0.29) is 31.4 Å². The van der Waals surface area contributed by atoms with E-state index in [1.54, 1.807) is 0 Å². The molecule has 3 amide bonds. The summed E-state index contributed by atoms with van der Waals surface area (Å²) in [6.45, 7) is 0.941. The molecule has 0 aromatic carbocycles. The minimum Gasteiger partial charge on any atom is -0.481 e. The van der Waals surface area contributed by atoms with Gasteiger partial charge in [-0.05, 0) is 6.42 Å². The van der Waals surface area contributed by atoms with Gasteiger partial charge >= 0.3 is 12.0 Å². The second kappa shape index (κ2) is 6.07. The molecule has 1 aliphatic heterocycles. The first-order valence-corrected chi connectivity index (χ1v) is 5.50. The van der Waals surface area contributed by atoms with E-state index in [0.29, 0.717) is 13.0 Å². The van der Waals surface area contributed by atoms with Crippen molar-refractivity contribution in [3.8, 4) is 0 Å². The van der Waals surface area contributed by atoms with Crippen molar-refractivity contribution < 1.29 is 19.5 Å². The van der Waals surface area contributed by atoms with E-state index in [0.717, 1.165) is 0 Å². The Morgan fingerprint density at radius 3 is 2.65 bits per heavy atom. The van der Waals surface area contributed by atoms with Crippen LogP contribution in [0.4, 0.5) is 4.79 Å². The maximum Gasteiger partial charge on any atom is 0.317 e. The fraction of sp³-hybridized carbons (Fsp3) is 0.700. The normalized spacial score (nSPS) is 18.9. The lowest BCUT2D eigenvalue weighted by Crippen LogP contribution is -2.40. The van der Waals surface area contributed by atoms with E-state index in [2.05, 4.69) is 10.6 Å². The molecular weight excluding hydrogens is 226 g/mol. The zero-order valence-electron chi connectivity index (χ0n) is 9.73. The summed E-state index contributed by atoms with van der Waals surface area (Å²) in [6, 6.07) is -0.308. The van der Waals surface area contributed by atoms with Crippen molar-refractivity contribution in [2.75, 3.05) is 26.7 Å². The number of nitrogens with one attached hydrogen (secondary N) is 2. The zero-order chi connectivity index (χ0) is 12.8. The Morgan fingerprint density at radius 2 is 2.12 bits per heavy atom. The molecule has 0 spiro atoms. The monoisotopic (exact) mass is 243 g/mol. The van der Waals surface area contributed by atoms with Crippen molar-refractivity contribution in [3.05, 3.63) is 0 Å². The average molecular weight is 243 g/mol. The van der Waals surface area contributed by atoms with Gasteiger partial charge in [0.2, 0.25) is 5.91 Å². The largest absolute Gasteiger partial charge is 0.481 e. The summed E-state index contributed by atoms with van der Waals surface area (Å²) in [6.07, 6.45) is 0.705. The first-order valence-electron chi connectivity index (χ1n) is 5.50. The van der Waals surface area contributed by atoms with Crippen LogP contribution in [0.2, 0.25) is 0 Å². The molecule has 1 heterocycles. The van der Waals surface area contributed by atoms with Crippen LogP contribution in [0.25, 0.3) is 0 Å². The Bertz CT molecular complexity index is 319. The Hall–Kier alpha value is -1.79. The predicted octanol–water partition coefficient (Wildman–Crippen LogP) is -0.761. The number of hydrogen-bond acceptors (Lipinski definition) is 3. The Balaban J connectivity index is 2.25. The Kier molecular flexibility index (Phi) is 4.74. The maximum atomic E-state index is 11.6. The number of likely N-dealkylation sites (tertiary alicyclic amines) is 1. The van der Waals surface area contributed by atoms with Crippen molar-refractivity contribution in [1.82, 2.24) is 15.5 Å². The quantitative estimate of drug-likeness (QED) is 0.604. The topological polar surface area (TPSA) is 98.7 Å². The van der Waals surface area contributed by atoms with Crippen LogP contribution < -0.4 is 10.6 Å². The number of hydrogen-bond donors (Lipinski definition) is 3. The lowest BCUT2D eigenvalue weighted by atomic mass is 10.1. The summed E-state index contributed by atoms with van der Waals surface area (Å²) >= 11 is 0. The van der Waals surface area contributed by atoms with Crippen molar-refractivity contribution in [2.45, 2.75) is 12.8 Å². The Labute approximate surface area is 99.2 Å². The molecule has 1 rings (SSSR count). The lowest BCUT2D eigenvalue weighted by Gasteiger charge is -2.16. The first-order chi connectivity index (χ1) is 8.04. The highest BCUT2D eigenvalue weighted by Crippen LogP contribution is 2.15. The highest BCUT2D eigenvalue weighted by atomic mass is 16.4. The van der Waals surface area contributed by atoms with Gasteiger partial charge in [0, 0.05) is 33.1 Å². The molecule has 1 unspecified atom stereocenters. The number of carbonyl (C=O) groups excluding carboxylic acids is 2. The van der Waals surface area contributed by atoms with Crippen LogP contribution in [0.5, 0.6) is 0 Å². The molecule has 0 radical (unpaired) electrons. The van der Waals surface area contributed by atoms with Crippen LogP contribution in [-0.4, -0.2) is 54.6 Å². The molecule has 0 aromatic heterocycles. The highest BCUT2D eigenvalue weighted by molar-refractivity contribution is 5.79. The SMILES string of the molecule is CNC(=O)CCNC(=O)N1CCC(C(=O)O)C1. The number of amides is 3. The molecule has 3 N–H and O–H groups in total. The predicted molar refractivity (Wildman–Crippen MR) is 59.4 cm³/mol. The van der Waals surface area contributed by atoms with Crippen LogP contribution in [0, 0.1) is 5.92 Å². The molecule has 1 saturated heterocycles. The molecule has 0 saturated carbocycles. The number of carbonyl (C=O) groups is 3. The van der Waals surface area contributed by atoms with Crippen LogP contribution in [0.15, 0.2) is 0 Å². The zero-order valence-corrected chi connectivity index (χ0v) is 9.73. The standard InChI is InChI=1S/C10H17N3O4/c1-11-8(14)2-4-12-10(17)13-5-3-7(6-13)9(15)16/h7H,2-6H2,1H3,(H,11,14)(H,12,17)(H,15,16). The van der Waals surface area contributed by atoms with E-state index in [1.165, 1.54) is 11.9 Å². The summed E-state index contributed by atoms with van der Waals surface area (Å²) < 4.78 is 0. The van der Waals surface area contributed by atoms with Crippen molar-refractivity contribution in [3.63, 3.8) is 0 Å². The lowest BCUT2D eigenvalue weighted by molar-refractivity contribution is -0.141.